The van der Waals surface area contributed by atoms with Gasteiger partial charge in [0.1, 0.15) is 0 Å². The van der Waals surface area contributed by atoms with Gasteiger partial charge in [-0.15, -0.1) is 0 Å². The highest BCUT2D eigenvalue weighted by atomic mass is 32.2. The number of carboxylic acid groups (broad SMARTS) is 1. The molecule has 0 heterocycles. The predicted octanol–water partition coefficient (Wildman–Crippen LogP) is 1.06. The van der Waals surface area contributed by atoms with E-state index in [4.69, 9.17) is 0 Å². The normalized spacial score (nSPS) is 15.8. The molecule has 1 amide bonds. The molecule has 118 valence electrons. The highest BCUT2D eigenvalue weighted by molar-refractivity contribution is 7.92. The molecule has 0 saturated carbocycles. The van der Waals surface area contributed by atoms with Crippen LogP contribution in [0.4, 0.5) is 0 Å². The van der Waals surface area contributed by atoms with Crippen LogP contribution < -0.4 is 5.32 Å². The Labute approximate surface area is 120 Å². The Morgan fingerprint density at radius 2 is 1.65 bits per heavy atom. The molecule has 0 aliphatic carbocycles. The third-order valence-electron chi connectivity index (χ3n) is 4.01. The van der Waals surface area contributed by atoms with E-state index in [2.05, 4.69) is 5.32 Å². The zero-order chi connectivity index (χ0) is 16.4. The number of amides is 1. The fourth-order valence-corrected chi connectivity index (χ4v) is 1.70. The Morgan fingerprint density at radius 1 is 1.20 bits per heavy atom. The van der Waals surface area contributed by atoms with E-state index < -0.39 is 31.9 Å². The summed E-state index contributed by atoms with van der Waals surface area (Å²) in [5, 5.41) is 11.7. The topological polar surface area (TPSA) is 101 Å². The number of hydrogen-bond acceptors (Lipinski definition) is 4. The van der Waals surface area contributed by atoms with Crippen molar-refractivity contribution in [3.8, 4) is 0 Å². The summed E-state index contributed by atoms with van der Waals surface area (Å²) >= 11 is 0. The lowest BCUT2D eigenvalue weighted by Crippen LogP contribution is -2.46. The fraction of sp³-hybridized carbons (Fsp3) is 0.846. The highest BCUT2D eigenvalue weighted by Crippen LogP contribution is 2.31. The number of aliphatic carboxylic acids is 1. The molecular weight excluding hydrogens is 282 g/mol. The first-order valence-electron chi connectivity index (χ1n) is 6.44. The van der Waals surface area contributed by atoms with Crippen molar-refractivity contribution in [2.75, 3.05) is 12.8 Å². The van der Waals surface area contributed by atoms with Gasteiger partial charge in [0.2, 0.25) is 5.91 Å². The number of nitrogens with one attached hydrogen (secondary N) is 1. The molecule has 0 spiro atoms. The van der Waals surface area contributed by atoms with E-state index in [1.807, 2.05) is 0 Å². The van der Waals surface area contributed by atoms with Crippen LogP contribution in [0.3, 0.4) is 0 Å². The average Bonchev–Trinajstić information content (AvgIpc) is 2.24. The summed E-state index contributed by atoms with van der Waals surface area (Å²) in [6.07, 6.45) is 0.925. The molecule has 20 heavy (non-hydrogen) atoms. The SMILES string of the molecule is CC(C)C(C)(CC(=O)NCC(C)(C)S(C)(=O)=O)C(=O)O. The van der Waals surface area contributed by atoms with Gasteiger partial charge in [0.05, 0.1) is 10.2 Å². The molecule has 0 saturated heterocycles. The van der Waals surface area contributed by atoms with Crippen molar-refractivity contribution in [2.45, 2.75) is 45.8 Å². The average molecular weight is 307 g/mol. The summed E-state index contributed by atoms with van der Waals surface area (Å²) in [6.45, 7) is 7.98. The van der Waals surface area contributed by atoms with Crippen molar-refractivity contribution >= 4 is 21.7 Å². The van der Waals surface area contributed by atoms with Gasteiger partial charge in [-0.1, -0.05) is 13.8 Å². The number of carbonyl (C=O) groups excluding carboxylic acids is 1. The summed E-state index contributed by atoms with van der Waals surface area (Å²) in [5.74, 6) is -1.71. The molecule has 6 nitrogen and oxygen atoms in total. The minimum Gasteiger partial charge on any atom is -0.481 e. The Morgan fingerprint density at radius 3 is 1.95 bits per heavy atom. The van der Waals surface area contributed by atoms with Gasteiger partial charge in [-0.25, -0.2) is 8.42 Å². The molecule has 0 aromatic rings. The maximum Gasteiger partial charge on any atom is 0.310 e. The third-order valence-corrected chi connectivity index (χ3v) is 6.16. The van der Waals surface area contributed by atoms with Crippen LogP contribution in [-0.4, -0.2) is 42.9 Å². The smallest absolute Gasteiger partial charge is 0.310 e. The summed E-state index contributed by atoms with van der Waals surface area (Å²) in [5.41, 5.74) is -1.17. The van der Waals surface area contributed by atoms with Gasteiger partial charge in [0, 0.05) is 19.2 Å². The Kier molecular flexibility index (Phi) is 5.78. The van der Waals surface area contributed by atoms with Crippen molar-refractivity contribution in [3.05, 3.63) is 0 Å². The van der Waals surface area contributed by atoms with Crippen LogP contribution in [0.15, 0.2) is 0 Å². The molecule has 1 atom stereocenters. The molecule has 0 aliphatic heterocycles. The largest absolute Gasteiger partial charge is 0.481 e. The van der Waals surface area contributed by atoms with Crippen LogP contribution in [0.1, 0.15) is 41.0 Å². The van der Waals surface area contributed by atoms with E-state index in [0.717, 1.165) is 6.26 Å². The van der Waals surface area contributed by atoms with Crippen molar-refractivity contribution in [3.63, 3.8) is 0 Å². The van der Waals surface area contributed by atoms with E-state index >= 15 is 0 Å². The second-order valence-electron chi connectivity index (χ2n) is 6.36. The first-order chi connectivity index (χ1) is 8.74. The molecule has 0 bridgehead atoms. The van der Waals surface area contributed by atoms with Crippen molar-refractivity contribution < 1.29 is 23.1 Å². The minimum absolute atomic E-state index is 0.0432. The van der Waals surface area contributed by atoms with E-state index in [1.54, 1.807) is 13.8 Å². The van der Waals surface area contributed by atoms with Crippen LogP contribution in [0, 0.1) is 11.3 Å². The summed E-state index contributed by atoms with van der Waals surface area (Å²) in [4.78, 5) is 23.2. The maximum absolute atomic E-state index is 11.9. The number of carboxylic acids is 1. The zero-order valence-electron chi connectivity index (χ0n) is 13.0. The third kappa shape index (κ3) is 4.47. The molecule has 0 fully saturated rings. The summed E-state index contributed by atoms with van der Waals surface area (Å²) in [6, 6.07) is 0. The van der Waals surface area contributed by atoms with Gasteiger partial charge >= 0.3 is 5.97 Å². The highest BCUT2D eigenvalue weighted by Gasteiger charge is 2.39. The first kappa shape index (κ1) is 18.9. The summed E-state index contributed by atoms with van der Waals surface area (Å²) in [7, 11) is -3.31. The molecule has 0 rings (SSSR count). The number of rotatable bonds is 7. The van der Waals surface area contributed by atoms with Gasteiger partial charge in [0.15, 0.2) is 9.84 Å². The Bertz CT molecular complexity index is 481. The molecule has 0 aliphatic rings. The maximum atomic E-state index is 11.9. The van der Waals surface area contributed by atoms with E-state index in [9.17, 15) is 23.1 Å². The standard InChI is InChI=1S/C13H25NO5S/c1-9(2)13(5,11(16)17)7-10(15)14-8-12(3,4)20(6,18)19/h9H,7-8H2,1-6H3,(H,14,15)(H,16,17). The molecule has 0 aromatic heterocycles. The van der Waals surface area contributed by atoms with Crippen LogP contribution in [0.25, 0.3) is 0 Å². The number of carbonyl (C=O) groups is 2. The molecule has 0 aromatic carbocycles. The molecule has 2 N–H and O–H groups in total. The predicted molar refractivity (Wildman–Crippen MR) is 77.1 cm³/mol. The van der Waals surface area contributed by atoms with Crippen molar-refractivity contribution in [2.24, 2.45) is 11.3 Å². The summed E-state index contributed by atoms with van der Waals surface area (Å²) < 4.78 is 22.0. The lowest BCUT2D eigenvalue weighted by Gasteiger charge is -2.29. The second kappa shape index (κ2) is 6.11. The van der Waals surface area contributed by atoms with Crippen LogP contribution in [0.2, 0.25) is 0 Å². The minimum atomic E-state index is -3.31. The van der Waals surface area contributed by atoms with E-state index in [0.29, 0.717) is 0 Å². The molecule has 1 unspecified atom stereocenters. The number of hydrogen-bond donors (Lipinski definition) is 2. The van der Waals surface area contributed by atoms with Crippen LogP contribution in [-0.2, 0) is 19.4 Å². The lowest BCUT2D eigenvalue weighted by atomic mass is 9.76. The van der Waals surface area contributed by atoms with E-state index in [1.165, 1.54) is 20.8 Å². The monoisotopic (exact) mass is 307 g/mol. The van der Waals surface area contributed by atoms with Gasteiger partial charge in [-0.05, 0) is 26.7 Å². The van der Waals surface area contributed by atoms with Crippen LogP contribution in [0.5, 0.6) is 0 Å². The molecule has 7 heteroatoms. The Hall–Kier alpha value is -1.11. The fourth-order valence-electron chi connectivity index (χ4n) is 1.37. The van der Waals surface area contributed by atoms with E-state index in [-0.39, 0.29) is 18.9 Å². The number of sulfone groups is 1. The Balaban J connectivity index is 4.79. The second-order valence-corrected chi connectivity index (χ2v) is 9.01. The van der Waals surface area contributed by atoms with Gasteiger partial charge in [-0.2, -0.15) is 0 Å². The molecule has 0 radical (unpaired) electrons. The zero-order valence-corrected chi connectivity index (χ0v) is 13.8. The van der Waals surface area contributed by atoms with Gasteiger partial charge in [0.25, 0.3) is 0 Å². The van der Waals surface area contributed by atoms with Gasteiger partial charge in [-0.3, -0.25) is 9.59 Å². The first-order valence-corrected chi connectivity index (χ1v) is 8.33. The van der Waals surface area contributed by atoms with Crippen molar-refractivity contribution in [1.29, 1.82) is 0 Å². The quantitative estimate of drug-likeness (QED) is 0.732. The van der Waals surface area contributed by atoms with Crippen molar-refractivity contribution in [1.82, 2.24) is 5.32 Å². The van der Waals surface area contributed by atoms with Crippen LogP contribution >= 0.6 is 0 Å². The lowest BCUT2D eigenvalue weighted by molar-refractivity contribution is -0.153. The van der Waals surface area contributed by atoms with Gasteiger partial charge < -0.3 is 10.4 Å². The molecular formula is C13H25NO5S.